The molecule has 0 spiro atoms. The van der Waals surface area contributed by atoms with Crippen LogP contribution < -0.4 is 9.46 Å². The molecule has 0 aliphatic rings. The summed E-state index contributed by atoms with van der Waals surface area (Å²) >= 11 is 0. The lowest BCUT2D eigenvalue weighted by Gasteiger charge is -2.19. The third-order valence-corrected chi connectivity index (χ3v) is 8.51. The Kier molecular flexibility index (Phi) is 10.1. The van der Waals surface area contributed by atoms with E-state index in [-0.39, 0.29) is 30.2 Å². The van der Waals surface area contributed by atoms with E-state index < -0.39 is 61.5 Å². The summed E-state index contributed by atoms with van der Waals surface area (Å²) in [7, 11) is -4.62. The van der Waals surface area contributed by atoms with Gasteiger partial charge in [0.25, 0.3) is 10.0 Å². The molecule has 0 bridgehead atoms. The van der Waals surface area contributed by atoms with Crippen LogP contribution in [0.1, 0.15) is 28.0 Å². The zero-order chi connectivity index (χ0) is 34.3. The fraction of sp³-hybridized carbons (Fsp3) is 0.147. The lowest BCUT2D eigenvalue weighted by atomic mass is 10.0. The average molecular weight is 681 g/mol. The van der Waals surface area contributed by atoms with E-state index >= 15 is 0 Å². The standard InChI is InChI=1S/C34H27F3N2O8S/c35-34(36,37)29-12-7-13-31(28(29)21-27-18-19-32(47-27)39(41)42)48(43,44)38-25-14-16-26(17-15-25)46-30(20-23-8-3-1-4-9-23)33(40)45-22-24-10-5-2-6-11-24/h1-19,30,38H,20-22H2/t30-/m0/s1. The summed E-state index contributed by atoms with van der Waals surface area (Å²) in [5.74, 6) is -1.35. The molecule has 1 atom stereocenters. The fourth-order valence-corrected chi connectivity index (χ4v) is 6.12. The SMILES string of the molecule is O=C(OCc1ccccc1)[C@H](Cc1ccccc1)Oc1ccc(NS(=O)(=O)c2cccc(C(F)(F)F)c2Cc2ccc([N+](=O)[O-])o2)cc1. The van der Waals surface area contributed by atoms with Crippen molar-refractivity contribution in [3.05, 3.63) is 153 Å². The number of halogens is 3. The summed E-state index contributed by atoms with van der Waals surface area (Å²) in [5, 5.41) is 11.0. The fourth-order valence-electron chi connectivity index (χ4n) is 4.80. The Morgan fingerprint density at radius 2 is 1.50 bits per heavy atom. The molecule has 0 fully saturated rings. The van der Waals surface area contributed by atoms with Gasteiger partial charge in [0.15, 0.2) is 6.10 Å². The maximum Gasteiger partial charge on any atom is 0.433 e. The quantitative estimate of drug-likeness (QED) is 0.0775. The van der Waals surface area contributed by atoms with Gasteiger partial charge >= 0.3 is 18.0 Å². The van der Waals surface area contributed by atoms with Crippen LogP contribution in [-0.2, 0) is 45.2 Å². The molecule has 10 nitrogen and oxygen atoms in total. The number of nitro groups is 1. The molecule has 14 heteroatoms. The van der Waals surface area contributed by atoms with E-state index in [0.717, 1.165) is 35.4 Å². The van der Waals surface area contributed by atoms with Crippen molar-refractivity contribution in [1.29, 1.82) is 0 Å². The molecular formula is C34H27F3N2O8S. The molecule has 248 valence electrons. The number of sulfonamides is 1. The highest BCUT2D eigenvalue weighted by molar-refractivity contribution is 7.92. The lowest BCUT2D eigenvalue weighted by molar-refractivity contribution is -0.402. The van der Waals surface area contributed by atoms with Crippen LogP contribution in [0.3, 0.4) is 0 Å². The van der Waals surface area contributed by atoms with E-state index in [0.29, 0.717) is 6.07 Å². The Hall–Kier alpha value is -5.63. The molecule has 1 heterocycles. The van der Waals surface area contributed by atoms with Crippen molar-refractivity contribution < 1.29 is 45.2 Å². The Balaban J connectivity index is 1.35. The van der Waals surface area contributed by atoms with Gasteiger partial charge in [0, 0.05) is 18.5 Å². The summed E-state index contributed by atoms with van der Waals surface area (Å²) in [5.41, 5.74) is -0.304. The highest BCUT2D eigenvalue weighted by Crippen LogP contribution is 2.37. The second-order valence-corrected chi connectivity index (χ2v) is 12.1. The third kappa shape index (κ3) is 8.59. The van der Waals surface area contributed by atoms with Gasteiger partial charge in [0.05, 0.1) is 16.5 Å². The molecular weight excluding hydrogens is 653 g/mol. The van der Waals surface area contributed by atoms with Crippen LogP contribution in [-0.4, -0.2) is 25.4 Å². The van der Waals surface area contributed by atoms with Gasteiger partial charge in [0.2, 0.25) is 0 Å². The van der Waals surface area contributed by atoms with Gasteiger partial charge in [0.1, 0.15) is 23.0 Å². The third-order valence-electron chi connectivity index (χ3n) is 7.04. The Bertz CT molecular complexity index is 1980. The highest BCUT2D eigenvalue weighted by atomic mass is 32.2. The molecule has 0 amide bonds. The molecule has 0 saturated carbocycles. The molecule has 0 radical (unpaired) electrons. The van der Waals surface area contributed by atoms with E-state index in [9.17, 15) is 36.5 Å². The number of nitrogens with one attached hydrogen (secondary N) is 1. The Morgan fingerprint density at radius 1 is 0.854 bits per heavy atom. The molecule has 0 aliphatic heterocycles. The summed E-state index contributed by atoms with van der Waals surface area (Å²) in [6.45, 7) is 0.0311. The number of ether oxygens (including phenoxy) is 2. The molecule has 5 rings (SSSR count). The predicted molar refractivity (Wildman–Crippen MR) is 168 cm³/mol. The Labute approximate surface area is 272 Å². The van der Waals surface area contributed by atoms with Crippen molar-refractivity contribution >= 4 is 27.6 Å². The largest absolute Gasteiger partial charge is 0.478 e. The summed E-state index contributed by atoms with van der Waals surface area (Å²) in [6, 6.07) is 28.4. The number of esters is 1. The first kappa shape index (κ1) is 33.7. The number of alkyl halides is 3. The van der Waals surface area contributed by atoms with E-state index in [1.54, 1.807) is 0 Å². The number of nitrogens with zero attached hydrogens (tertiary/aromatic N) is 1. The molecule has 0 unspecified atom stereocenters. The number of carbonyl (C=O) groups is 1. The van der Waals surface area contributed by atoms with Crippen molar-refractivity contribution in [3.8, 4) is 5.75 Å². The molecule has 4 aromatic carbocycles. The van der Waals surface area contributed by atoms with Crippen LogP contribution in [0, 0.1) is 10.1 Å². The highest BCUT2D eigenvalue weighted by Gasteiger charge is 2.36. The van der Waals surface area contributed by atoms with Gasteiger partial charge in [-0.2, -0.15) is 13.2 Å². The van der Waals surface area contributed by atoms with Crippen LogP contribution in [0.2, 0.25) is 0 Å². The summed E-state index contributed by atoms with van der Waals surface area (Å²) in [4.78, 5) is 22.5. The van der Waals surface area contributed by atoms with Gasteiger partial charge in [-0.1, -0.05) is 66.7 Å². The number of hydrogen-bond donors (Lipinski definition) is 1. The Morgan fingerprint density at radius 3 is 2.10 bits per heavy atom. The second kappa shape index (κ2) is 14.4. The van der Waals surface area contributed by atoms with E-state index in [1.165, 1.54) is 24.3 Å². The predicted octanol–water partition coefficient (Wildman–Crippen LogP) is 7.33. The summed E-state index contributed by atoms with van der Waals surface area (Å²) in [6.07, 6.45) is -6.49. The first-order valence-corrected chi connectivity index (χ1v) is 15.8. The van der Waals surface area contributed by atoms with Crippen molar-refractivity contribution in [2.45, 2.75) is 36.6 Å². The van der Waals surface area contributed by atoms with Crippen LogP contribution >= 0.6 is 0 Å². The zero-order valence-electron chi connectivity index (χ0n) is 24.9. The average Bonchev–Trinajstić information content (AvgIpc) is 3.53. The maximum absolute atomic E-state index is 14.0. The van der Waals surface area contributed by atoms with Gasteiger partial charge in [-0.25, -0.2) is 13.2 Å². The van der Waals surface area contributed by atoms with Crippen molar-refractivity contribution in [3.63, 3.8) is 0 Å². The molecule has 48 heavy (non-hydrogen) atoms. The topological polar surface area (TPSA) is 138 Å². The normalized spacial score (nSPS) is 12.2. The van der Waals surface area contributed by atoms with Gasteiger partial charge < -0.3 is 13.9 Å². The van der Waals surface area contributed by atoms with E-state index in [2.05, 4.69) is 4.72 Å². The first-order chi connectivity index (χ1) is 22.9. The number of furan rings is 1. The van der Waals surface area contributed by atoms with E-state index in [4.69, 9.17) is 13.9 Å². The van der Waals surface area contributed by atoms with Crippen molar-refractivity contribution in [1.82, 2.24) is 0 Å². The van der Waals surface area contributed by atoms with Gasteiger partial charge in [-0.05, 0) is 59.2 Å². The minimum atomic E-state index is -4.93. The van der Waals surface area contributed by atoms with Crippen LogP contribution in [0.15, 0.2) is 125 Å². The summed E-state index contributed by atoms with van der Waals surface area (Å²) < 4.78 is 87.5. The maximum atomic E-state index is 14.0. The van der Waals surface area contributed by atoms with Gasteiger partial charge in [-0.15, -0.1) is 0 Å². The van der Waals surface area contributed by atoms with Crippen molar-refractivity contribution in [2.24, 2.45) is 0 Å². The second-order valence-electron chi connectivity index (χ2n) is 10.5. The van der Waals surface area contributed by atoms with Crippen LogP contribution in [0.4, 0.5) is 24.7 Å². The van der Waals surface area contributed by atoms with Crippen LogP contribution in [0.5, 0.6) is 5.75 Å². The molecule has 1 aromatic heterocycles. The number of benzene rings is 4. The van der Waals surface area contributed by atoms with E-state index in [1.807, 2.05) is 60.7 Å². The smallest absolute Gasteiger partial charge is 0.433 e. The zero-order valence-corrected chi connectivity index (χ0v) is 25.7. The molecule has 0 saturated heterocycles. The van der Waals surface area contributed by atoms with Crippen molar-refractivity contribution in [2.75, 3.05) is 4.72 Å². The van der Waals surface area contributed by atoms with Crippen LogP contribution in [0.25, 0.3) is 0 Å². The minimum Gasteiger partial charge on any atom is -0.478 e. The number of rotatable bonds is 13. The molecule has 1 N–H and O–H groups in total. The minimum absolute atomic E-state index is 0.00869. The lowest BCUT2D eigenvalue weighted by Crippen LogP contribution is -2.31. The molecule has 0 aliphatic carbocycles. The monoisotopic (exact) mass is 680 g/mol. The number of hydrogen-bond acceptors (Lipinski definition) is 8. The number of anilines is 1. The van der Waals surface area contributed by atoms with Gasteiger partial charge in [-0.3, -0.25) is 14.8 Å². The first-order valence-electron chi connectivity index (χ1n) is 14.4. The molecule has 5 aromatic rings. The number of carbonyl (C=O) groups excluding carboxylic acids is 1.